The fraction of sp³-hybridized carbons (Fsp3) is 0.0476. The molecule has 0 unspecified atom stereocenters. The summed E-state index contributed by atoms with van der Waals surface area (Å²) in [7, 11) is 1.94. The predicted octanol–water partition coefficient (Wildman–Crippen LogP) is 4.83. The molecule has 0 aliphatic carbocycles. The molecule has 0 aliphatic heterocycles. The molecule has 0 aliphatic rings. The number of hydrogen-bond acceptors (Lipinski definition) is 3. The third-order valence-electron chi connectivity index (χ3n) is 4.67. The molecular formula is C21H16N4OS. The average molecular weight is 372 g/mol. The van der Waals surface area contributed by atoms with Crippen LogP contribution in [0, 0.1) is 0 Å². The van der Waals surface area contributed by atoms with E-state index in [0.29, 0.717) is 10.7 Å². The van der Waals surface area contributed by atoms with Crippen molar-refractivity contribution in [3.63, 3.8) is 0 Å². The number of hydrogen-bond donors (Lipinski definition) is 1. The number of thiophene rings is 1. The number of benzene rings is 2. The SMILES string of the molecule is Cn1cnc(NC(=O)c2cccs2)c1-n1c2ccccc2c2ccccc21. The number of rotatable bonds is 3. The molecule has 2 aromatic carbocycles. The predicted molar refractivity (Wildman–Crippen MR) is 110 cm³/mol. The Morgan fingerprint density at radius 2 is 1.63 bits per heavy atom. The molecule has 0 saturated carbocycles. The molecule has 0 spiro atoms. The maximum atomic E-state index is 12.6. The van der Waals surface area contributed by atoms with Crippen LogP contribution in [-0.2, 0) is 7.05 Å². The highest BCUT2D eigenvalue weighted by atomic mass is 32.1. The second kappa shape index (κ2) is 6.10. The molecule has 27 heavy (non-hydrogen) atoms. The van der Waals surface area contributed by atoms with Gasteiger partial charge in [-0.25, -0.2) is 4.98 Å². The Balaban J connectivity index is 1.74. The summed E-state index contributed by atoms with van der Waals surface area (Å²) in [5.41, 5.74) is 2.16. The van der Waals surface area contributed by atoms with Gasteiger partial charge in [0.2, 0.25) is 0 Å². The first-order valence-electron chi connectivity index (χ1n) is 8.59. The van der Waals surface area contributed by atoms with E-state index in [1.54, 1.807) is 6.33 Å². The monoisotopic (exact) mass is 372 g/mol. The van der Waals surface area contributed by atoms with Crippen LogP contribution in [-0.4, -0.2) is 20.0 Å². The van der Waals surface area contributed by atoms with Gasteiger partial charge in [0.1, 0.15) is 0 Å². The Morgan fingerprint density at radius 1 is 0.963 bits per heavy atom. The van der Waals surface area contributed by atoms with Gasteiger partial charge in [0.05, 0.1) is 22.2 Å². The van der Waals surface area contributed by atoms with Crippen molar-refractivity contribution in [3.8, 4) is 5.82 Å². The van der Waals surface area contributed by atoms with Crippen LogP contribution >= 0.6 is 11.3 Å². The molecule has 1 N–H and O–H groups in total. The van der Waals surface area contributed by atoms with Crippen LogP contribution in [0.25, 0.3) is 27.6 Å². The smallest absolute Gasteiger partial charge is 0.266 e. The Labute approximate surface area is 159 Å². The van der Waals surface area contributed by atoms with Crippen LogP contribution < -0.4 is 5.32 Å². The number of para-hydroxylation sites is 2. The van der Waals surface area contributed by atoms with Gasteiger partial charge in [-0.15, -0.1) is 11.3 Å². The molecule has 6 heteroatoms. The molecule has 3 aromatic heterocycles. The molecule has 0 atom stereocenters. The van der Waals surface area contributed by atoms with Crippen LogP contribution in [0.5, 0.6) is 0 Å². The highest BCUT2D eigenvalue weighted by Gasteiger charge is 2.19. The van der Waals surface area contributed by atoms with Crippen molar-refractivity contribution in [1.29, 1.82) is 0 Å². The van der Waals surface area contributed by atoms with Crippen molar-refractivity contribution in [1.82, 2.24) is 14.1 Å². The number of imidazole rings is 1. The van der Waals surface area contributed by atoms with E-state index < -0.39 is 0 Å². The Hall–Kier alpha value is -3.38. The third kappa shape index (κ3) is 2.45. The van der Waals surface area contributed by atoms with Gasteiger partial charge >= 0.3 is 0 Å². The lowest BCUT2D eigenvalue weighted by Gasteiger charge is -2.11. The van der Waals surface area contributed by atoms with E-state index in [1.807, 2.05) is 53.4 Å². The van der Waals surface area contributed by atoms with Crippen LogP contribution in [0.3, 0.4) is 0 Å². The maximum Gasteiger partial charge on any atom is 0.266 e. The highest BCUT2D eigenvalue weighted by Crippen LogP contribution is 2.33. The lowest BCUT2D eigenvalue weighted by atomic mass is 10.2. The fourth-order valence-electron chi connectivity index (χ4n) is 3.50. The summed E-state index contributed by atoms with van der Waals surface area (Å²) in [6, 6.07) is 20.2. The summed E-state index contributed by atoms with van der Waals surface area (Å²) in [6.07, 6.45) is 1.73. The van der Waals surface area contributed by atoms with Crippen LogP contribution in [0.2, 0.25) is 0 Å². The van der Waals surface area contributed by atoms with E-state index in [1.165, 1.54) is 22.1 Å². The molecule has 0 fully saturated rings. The molecular weight excluding hydrogens is 356 g/mol. The minimum Gasteiger partial charge on any atom is -0.318 e. The molecule has 0 bridgehead atoms. The number of carbonyl (C=O) groups is 1. The van der Waals surface area contributed by atoms with Crippen LogP contribution in [0.1, 0.15) is 9.67 Å². The summed E-state index contributed by atoms with van der Waals surface area (Å²) in [5, 5.41) is 7.20. The number of aromatic nitrogens is 3. The van der Waals surface area contributed by atoms with Gasteiger partial charge in [-0.1, -0.05) is 42.5 Å². The summed E-state index contributed by atoms with van der Waals surface area (Å²) < 4.78 is 4.09. The molecule has 0 radical (unpaired) electrons. The molecule has 1 amide bonds. The Kier molecular flexibility index (Phi) is 3.58. The van der Waals surface area contributed by atoms with Gasteiger partial charge in [0.25, 0.3) is 5.91 Å². The summed E-state index contributed by atoms with van der Waals surface area (Å²) >= 11 is 1.41. The van der Waals surface area contributed by atoms with E-state index in [-0.39, 0.29) is 5.91 Å². The van der Waals surface area contributed by atoms with Crippen molar-refractivity contribution in [2.24, 2.45) is 7.05 Å². The minimum absolute atomic E-state index is 0.147. The summed E-state index contributed by atoms with van der Waals surface area (Å²) in [6.45, 7) is 0. The highest BCUT2D eigenvalue weighted by molar-refractivity contribution is 7.12. The van der Waals surface area contributed by atoms with Crippen LogP contribution in [0.4, 0.5) is 5.82 Å². The van der Waals surface area contributed by atoms with Crippen molar-refractivity contribution in [2.75, 3.05) is 5.32 Å². The molecule has 5 rings (SSSR count). The maximum absolute atomic E-state index is 12.6. The molecule has 132 valence electrons. The van der Waals surface area contributed by atoms with Gasteiger partial charge in [0, 0.05) is 17.8 Å². The van der Waals surface area contributed by atoms with Gasteiger partial charge in [-0.2, -0.15) is 0 Å². The first-order chi connectivity index (χ1) is 13.2. The normalized spacial score (nSPS) is 11.3. The van der Waals surface area contributed by atoms with E-state index >= 15 is 0 Å². The van der Waals surface area contributed by atoms with Gasteiger partial charge in [-0.05, 0) is 23.6 Å². The molecule has 3 heterocycles. The topological polar surface area (TPSA) is 51.9 Å². The quantitative estimate of drug-likeness (QED) is 0.493. The van der Waals surface area contributed by atoms with Crippen molar-refractivity contribution < 1.29 is 4.79 Å². The van der Waals surface area contributed by atoms with Crippen LogP contribution in [0.15, 0.2) is 72.4 Å². The van der Waals surface area contributed by atoms with Crippen molar-refractivity contribution in [2.45, 2.75) is 0 Å². The van der Waals surface area contributed by atoms with Gasteiger partial charge < -0.3 is 9.88 Å². The lowest BCUT2D eigenvalue weighted by Crippen LogP contribution is -2.13. The first-order valence-corrected chi connectivity index (χ1v) is 9.47. The number of carbonyl (C=O) groups excluding carboxylic acids is 1. The second-order valence-corrected chi connectivity index (χ2v) is 7.28. The largest absolute Gasteiger partial charge is 0.318 e. The van der Waals surface area contributed by atoms with E-state index in [4.69, 9.17) is 0 Å². The Bertz CT molecular complexity index is 1230. The zero-order chi connectivity index (χ0) is 18.4. The number of nitrogens with zero attached hydrogens (tertiary/aromatic N) is 3. The zero-order valence-corrected chi connectivity index (χ0v) is 15.4. The van der Waals surface area contributed by atoms with Crippen molar-refractivity contribution >= 4 is 44.9 Å². The number of anilines is 1. The number of amides is 1. The number of fused-ring (bicyclic) bond motifs is 3. The van der Waals surface area contributed by atoms with Gasteiger partial charge in [0.15, 0.2) is 11.6 Å². The Morgan fingerprint density at radius 3 is 2.26 bits per heavy atom. The fourth-order valence-corrected chi connectivity index (χ4v) is 4.12. The minimum atomic E-state index is -0.147. The van der Waals surface area contributed by atoms with Gasteiger partial charge in [-0.3, -0.25) is 9.36 Å². The standard InChI is InChI=1S/C21H16N4OS/c1-24-13-22-19(23-20(26)18-11-6-12-27-18)21(24)25-16-9-4-2-7-14(16)15-8-3-5-10-17(15)25/h2-13H,1H3,(H,23,26). The zero-order valence-electron chi connectivity index (χ0n) is 14.6. The first kappa shape index (κ1) is 15.8. The second-order valence-electron chi connectivity index (χ2n) is 6.33. The molecule has 0 saturated heterocycles. The summed E-state index contributed by atoms with van der Waals surface area (Å²) in [5.74, 6) is 1.23. The van der Waals surface area contributed by atoms with E-state index in [2.05, 4.69) is 39.1 Å². The molecule has 5 nitrogen and oxygen atoms in total. The average Bonchev–Trinajstić information content (AvgIpc) is 3.41. The summed E-state index contributed by atoms with van der Waals surface area (Å²) in [4.78, 5) is 17.7. The van der Waals surface area contributed by atoms with E-state index in [9.17, 15) is 4.79 Å². The third-order valence-corrected chi connectivity index (χ3v) is 5.54. The lowest BCUT2D eigenvalue weighted by molar-refractivity contribution is 0.103. The van der Waals surface area contributed by atoms with Crippen molar-refractivity contribution in [3.05, 3.63) is 77.2 Å². The number of nitrogens with one attached hydrogen (secondary N) is 1. The van der Waals surface area contributed by atoms with E-state index in [0.717, 1.165) is 16.9 Å². The molecule has 5 aromatic rings. The number of aryl methyl sites for hydroxylation is 1.